The van der Waals surface area contributed by atoms with Gasteiger partial charge in [0.1, 0.15) is 5.56 Å². The number of aryl methyl sites for hydroxylation is 1. The number of fused-ring (bicyclic) bond motifs is 1. The van der Waals surface area contributed by atoms with Crippen LogP contribution < -0.4 is 0 Å². The topological polar surface area (TPSA) is 110 Å². The van der Waals surface area contributed by atoms with Crippen LogP contribution in [0.3, 0.4) is 0 Å². The van der Waals surface area contributed by atoms with Crippen molar-refractivity contribution in [2.24, 2.45) is 13.0 Å². The molecule has 4 aromatic rings. The van der Waals surface area contributed by atoms with Crippen LogP contribution in [0.5, 0.6) is 0 Å². The number of carboxylic acids is 1. The summed E-state index contributed by atoms with van der Waals surface area (Å²) < 4.78 is 32.1. The number of sulfonamides is 1. The Morgan fingerprint density at radius 1 is 1.08 bits per heavy atom. The third-order valence-corrected chi connectivity index (χ3v) is 9.43. The van der Waals surface area contributed by atoms with Crippen LogP contribution in [0.2, 0.25) is 0 Å². The summed E-state index contributed by atoms with van der Waals surface area (Å²) in [5, 5.41) is 18.6. The Bertz CT molecular complexity index is 1640. The molecule has 9 nitrogen and oxygen atoms in total. The van der Waals surface area contributed by atoms with Gasteiger partial charge in [-0.3, -0.25) is 4.68 Å². The van der Waals surface area contributed by atoms with Gasteiger partial charge in [0.05, 0.1) is 28.7 Å². The normalized spacial score (nSPS) is 22.5. The molecule has 196 valence electrons. The molecule has 10 heteroatoms. The van der Waals surface area contributed by atoms with Gasteiger partial charge in [-0.05, 0) is 59.6 Å². The molecule has 1 aliphatic carbocycles. The molecule has 1 aliphatic heterocycles. The molecule has 2 unspecified atom stereocenters. The Morgan fingerprint density at radius 3 is 2.66 bits per heavy atom. The van der Waals surface area contributed by atoms with Crippen LogP contribution >= 0.6 is 0 Å². The minimum absolute atomic E-state index is 0.0137. The Labute approximate surface area is 221 Å². The van der Waals surface area contributed by atoms with E-state index in [0.717, 1.165) is 23.1 Å². The quantitative estimate of drug-likeness (QED) is 0.403. The van der Waals surface area contributed by atoms with Crippen molar-refractivity contribution < 1.29 is 18.3 Å². The van der Waals surface area contributed by atoms with E-state index >= 15 is 0 Å². The predicted molar refractivity (Wildman–Crippen MR) is 141 cm³/mol. The lowest BCUT2D eigenvalue weighted by Gasteiger charge is -2.22. The maximum Gasteiger partial charge on any atom is 0.339 e. The number of hydrogen-bond acceptors (Lipinski definition) is 5. The molecule has 1 saturated carbocycles. The van der Waals surface area contributed by atoms with Crippen molar-refractivity contribution in [2.45, 2.75) is 43.0 Å². The third-order valence-electron chi connectivity index (χ3n) is 7.52. The van der Waals surface area contributed by atoms with E-state index in [4.69, 9.17) is 0 Å². The van der Waals surface area contributed by atoms with E-state index in [0.29, 0.717) is 29.2 Å². The number of aromatic nitrogens is 4. The van der Waals surface area contributed by atoms with Gasteiger partial charge in [-0.2, -0.15) is 14.5 Å². The lowest BCUT2D eigenvalue weighted by Crippen LogP contribution is -2.32. The number of aromatic carboxylic acids is 1. The first kappa shape index (κ1) is 24.6. The van der Waals surface area contributed by atoms with Crippen LogP contribution in [0.1, 0.15) is 57.9 Å². The second-order valence-electron chi connectivity index (χ2n) is 10.4. The lowest BCUT2D eigenvalue weighted by molar-refractivity contribution is 0.0695. The maximum absolute atomic E-state index is 13.6. The Balaban J connectivity index is 1.33. The number of rotatable bonds is 6. The van der Waals surface area contributed by atoms with Crippen LogP contribution in [-0.4, -0.2) is 49.9 Å². The van der Waals surface area contributed by atoms with E-state index in [1.165, 1.54) is 6.20 Å². The molecule has 0 bridgehead atoms. The summed E-state index contributed by atoms with van der Waals surface area (Å²) in [6.07, 6.45) is 6.72. The van der Waals surface area contributed by atoms with Crippen LogP contribution in [-0.2, 0) is 30.0 Å². The van der Waals surface area contributed by atoms with Gasteiger partial charge >= 0.3 is 5.97 Å². The second-order valence-corrected chi connectivity index (χ2v) is 12.3. The highest BCUT2D eigenvalue weighted by Gasteiger charge is 2.45. The Kier molecular flexibility index (Phi) is 5.96. The van der Waals surface area contributed by atoms with Gasteiger partial charge in [0.15, 0.2) is 0 Å². The number of hydrogen-bond donors (Lipinski definition) is 1. The summed E-state index contributed by atoms with van der Waals surface area (Å²) >= 11 is 0. The smallest absolute Gasteiger partial charge is 0.339 e. The van der Waals surface area contributed by atoms with E-state index in [9.17, 15) is 18.3 Å². The molecule has 2 aromatic heterocycles. The molecule has 6 rings (SSSR count). The Hall–Kier alpha value is -3.76. The minimum Gasteiger partial charge on any atom is -0.478 e. The molecule has 38 heavy (non-hydrogen) atoms. The molecule has 0 spiro atoms. The SMILES string of the molecule is C[C@H]1Cc2ccccc2S(=O)(=O)N(Cc2cccc(-n3ncc(C(=O)O)c3C3CC3c3cnn(C)c3)c2)C1. The van der Waals surface area contributed by atoms with E-state index in [2.05, 4.69) is 17.1 Å². The van der Waals surface area contributed by atoms with Crippen LogP contribution in [0.4, 0.5) is 0 Å². The van der Waals surface area contributed by atoms with Crippen LogP contribution in [0.25, 0.3) is 5.69 Å². The molecular weight excluding hydrogens is 502 g/mol. The molecule has 1 fully saturated rings. The average molecular weight is 532 g/mol. The number of carbonyl (C=O) groups is 1. The first-order valence-electron chi connectivity index (χ1n) is 12.7. The first-order chi connectivity index (χ1) is 18.2. The zero-order valence-corrected chi connectivity index (χ0v) is 22.0. The number of nitrogens with zero attached hydrogens (tertiary/aromatic N) is 5. The van der Waals surface area contributed by atoms with Gasteiger partial charge in [0.2, 0.25) is 10.0 Å². The lowest BCUT2D eigenvalue weighted by atomic mass is 10.0. The molecule has 0 amide bonds. The first-order valence-corrected chi connectivity index (χ1v) is 14.1. The van der Waals surface area contributed by atoms with E-state index in [-0.39, 0.29) is 29.9 Å². The standard InChI is InChI=1S/C28H29N5O4S/c1-18-10-20-7-3-4-9-26(20)38(36,37)32(15-18)16-19-6-5-8-22(11-19)33-27(25(14-30-33)28(34)35)24-12-23(24)21-13-29-31(2)17-21/h3-9,11,13-14,17-18,23-24H,10,12,15-16H2,1-2H3,(H,34,35)/t18-,23?,24?/m0/s1. The molecule has 1 N–H and O–H groups in total. The number of benzene rings is 2. The summed E-state index contributed by atoms with van der Waals surface area (Å²) in [7, 11) is -1.79. The highest BCUT2D eigenvalue weighted by atomic mass is 32.2. The van der Waals surface area contributed by atoms with Gasteiger partial charge < -0.3 is 5.11 Å². The molecular formula is C28H29N5O4S. The summed E-state index contributed by atoms with van der Waals surface area (Å²) in [5.74, 6) is -0.640. The third kappa shape index (κ3) is 4.33. The van der Waals surface area contributed by atoms with Gasteiger partial charge in [-0.25, -0.2) is 17.9 Å². The van der Waals surface area contributed by atoms with Gasteiger partial charge in [-0.15, -0.1) is 0 Å². The van der Waals surface area contributed by atoms with Crippen molar-refractivity contribution in [3.8, 4) is 5.69 Å². The van der Waals surface area contributed by atoms with Crippen LogP contribution in [0, 0.1) is 5.92 Å². The van der Waals surface area contributed by atoms with E-state index in [1.54, 1.807) is 25.8 Å². The fraction of sp³-hybridized carbons (Fsp3) is 0.321. The fourth-order valence-electron chi connectivity index (χ4n) is 5.67. The van der Waals surface area contributed by atoms with Gasteiger partial charge in [0.25, 0.3) is 0 Å². The molecule has 2 aromatic carbocycles. The van der Waals surface area contributed by atoms with Crippen molar-refractivity contribution in [3.05, 3.63) is 95.1 Å². The fourth-order valence-corrected chi connectivity index (χ4v) is 7.45. The molecule has 2 aliphatic rings. The van der Waals surface area contributed by atoms with Gasteiger partial charge in [0, 0.05) is 32.3 Å². The monoisotopic (exact) mass is 531 g/mol. The van der Waals surface area contributed by atoms with Crippen molar-refractivity contribution in [1.82, 2.24) is 23.9 Å². The summed E-state index contributed by atoms with van der Waals surface area (Å²) in [6.45, 7) is 2.71. The molecule has 3 atom stereocenters. The summed E-state index contributed by atoms with van der Waals surface area (Å²) in [5.41, 5.74) is 4.31. The second kappa shape index (κ2) is 9.21. The summed E-state index contributed by atoms with van der Waals surface area (Å²) in [4.78, 5) is 12.4. The Morgan fingerprint density at radius 2 is 1.89 bits per heavy atom. The summed E-state index contributed by atoms with van der Waals surface area (Å²) in [6, 6.07) is 14.8. The van der Waals surface area contributed by atoms with Crippen molar-refractivity contribution in [1.29, 1.82) is 0 Å². The number of carboxylic acid groups (broad SMARTS) is 1. The largest absolute Gasteiger partial charge is 0.478 e. The minimum atomic E-state index is -3.66. The van der Waals surface area contributed by atoms with Crippen molar-refractivity contribution in [2.75, 3.05) is 6.54 Å². The zero-order valence-electron chi connectivity index (χ0n) is 21.2. The zero-order chi connectivity index (χ0) is 26.6. The highest BCUT2D eigenvalue weighted by Crippen LogP contribution is 2.55. The highest BCUT2D eigenvalue weighted by molar-refractivity contribution is 7.89. The van der Waals surface area contributed by atoms with Crippen LogP contribution in [0.15, 0.2) is 72.0 Å². The van der Waals surface area contributed by atoms with Crippen molar-refractivity contribution in [3.63, 3.8) is 0 Å². The van der Waals surface area contributed by atoms with E-state index < -0.39 is 16.0 Å². The maximum atomic E-state index is 13.6. The average Bonchev–Trinajstić information content (AvgIpc) is 3.35. The van der Waals surface area contributed by atoms with Crippen molar-refractivity contribution >= 4 is 16.0 Å². The molecule has 0 radical (unpaired) electrons. The molecule has 3 heterocycles. The van der Waals surface area contributed by atoms with E-state index in [1.807, 2.05) is 55.8 Å². The van der Waals surface area contributed by atoms with Gasteiger partial charge in [-0.1, -0.05) is 37.3 Å². The predicted octanol–water partition coefficient (Wildman–Crippen LogP) is 3.96. The molecule has 0 saturated heterocycles.